The Morgan fingerprint density at radius 1 is 0.881 bits per heavy atom. The molecule has 0 bridgehead atoms. The van der Waals surface area contributed by atoms with Crippen molar-refractivity contribution in [3.63, 3.8) is 0 Å². The molecule has 3 aromatic rings. The van der Waals surface area contributed by atoms with E-state index >= 15 is 0 Å². The number of esters is 1. The van der Waals surface area contributed by atoms with E-state index in [0.29, 0.717) is 0 Å². The van der Waals surface area contributed by atoms with Crippen molar-refractivity contribution in [2.24, 2.45) is 0 Å². The third kappa shape index (κ3) is 6.69. The van der Waals surface area contributed by atoms with E-state index in [9.17, 15) is 26.4 Å². The molecule has 0 unspecified atom stereocenters. The number of alkyl halides is 3. The second-order valence-electron chi connectivity index (χ2n) is 10.8. The third-order valence-corrected chi connectivity index (χ3v) is 12.9. The first-order chi connectivity index (χ1) is 19.7. The predicted molar refractivity (Wildman–Crippen MR) is 157 cm³/mol. The summed E-state index contributed by atoms with van der Waals surface area (Å²) in [7, 11) is -9.30. The van der Waals surface area contributed by atoms with E-state index in [1.807, 2.05) is 103 Å². The highest BCUT2D eigenvalue weighted by molar-refractivity contribution is 7.87. The highest BCUT2D eigenvalue weighted by Gasteiger charge is 2.54. The van der Waals surface area contributed by atoms with Crippen LogP contribution in [0.3, 0.4) is 0 Å². The normalized spacial score (nSPS) is 17.1. The van der Waals surface area contributed by atoms with E-state index in [2.05, 4.69) is 25.0 Å². The number of hydrogen-bond donors (Lipinski definition) is 0. The summed E-state index contributed by atoms with van der Waals surface area (Å²) in [4.78, 5) is 12.6. The van der Waals surface area contributed by atoms with Crippen LogP contribution in [0.15, 0.2) is 109 Å². The number of carbonyl (C=O) groups excluding carboxylic acids is 1. The lowest BCUT2D eigenvalue weighted by Crippen LogP contribution is -2.68. The van der Waals surface area contributed by atoms with E-state index in [0.717, 1.165) is 22.0 Å². The first-order valence-corrected chi connectivity index (χ1v) is 16.5. The van der Waals surface area contributed by atoms with Crippen LogP contribution in [0.25, 0.3) is 6.08 Å². The van der Waals surface area contributed by atoms with Gasteiger partial charge in [0, 0.05) is 6.08 Å². The lowest BCUT2D eigenvalue weighted by atomic mass is 10.1. The van der Waals surface area contributed by atoms with Gasteiger partial charge < -0.3 is 13.3 Å². The van der Waals surface area contributed by atoms with Crippen molar-refractivity contribution < 1.29 is 39.7 Å². The number of rotatable bonds is 10. The molecule has 4 rings (SSSR count). The summed E-state index contributed by atoms with van der Waals surface area (Å²) in [5.74, 6) is -2.38. The number of halogens is 3. The number of hydrogen-bond acceptors (Lipinski definition) is 6. The van der Waals surface area contributed by atoms with Crippen molar-refractivity contribution in [3.8, 4) is 0 Å². The van der Waals surface area contributed by atoms with Gasteiger partial charge in [-0.3, -0.25) is 0 Å². The number of cyclic esters (lactones) is 1. The molecular weight excluding hydrogens is 585 g/mol. The Kier molecular flexibility index (Phi) is 9.14. The van der Waals surface area contributed by atoms with Gasteiger partial charge in [0.05, 0.1) is 6.10 Å². The molecular formula is C31H31F3O6SSi. The maximum Gasteiger partial charge on any atom is 0.534 e. The minimum absolute atomic E-state index is 0.188. The molecule has 222 valence electrons. The Morgan fingerprint density at radius 2 is 1.38 bits per heavy atom. The molecule has 0 radical (unpaired) electrons. The van der Waals surface area contributed by atoms with E-state index in [1.54, 1.807) is 0 Å². The summed E-state index contributed by atoms with van der Waals surface area (Å²) >= 11 is 0. The lowest BCUT2D eigenvalue weighted by Gasteiger charge is -2.45. The summed E-state index contributed by atoms with van der Waals surface area (Å²) in [5, 5.41) is 1.40. The molecule has 0 aliphatic carbocycles. The third-order valence-electron chi connectivity index (χ3n) is 6.83. The molecule has 2 atom stereocenters. The van der Waals surface area contributed by atoms with Gasteiger partial charge >= 0.3 is 21.6 Å². The van der Waals surface area contributed by atoms with Crippen molar-refractivity contribution in [3.05, 3.63) is 114 Å². The summed E-state index contributed by atoms with van der Waals surface area (Å²) in [6.45, 7) is 6.16. The van der Waals surface area contributed by atoms with Gasteiger partial charge in [-0.15, -0.1) is 0 Å². The monoisotopic (exact) mass is 616 g/mol. The average molecular weight is 617 g/mol. The molecule has 0 saturated heterocycles. The predicted octanol–water partition coefficient (Wildman–Crippen LogP) is 5.71. The fraction of sp³-hybridized carbons (Fsp3) is 0.258. The van der Waals surface area contributed by atoms with Gasteiger partial charge in [0.2, 0.25) is 5.76 Å². The topological polar surface area (TPSA) is 78.9 Å². The number of carbonyl (C=O) groups is 1. The number of benzene rings is 3. The molecule has 0 N–H and O–H groups in total. The van der Waals surface area contributed by atoms with Crippen LogP contribution in [0.4, 0.5) is 13.2 Å². The maximum absolute atomic E-state index is 13.0. The van der Waals surface area contributed by atoms with Crippen molar-refractivity contribution in [2.45, 2.75) is 49.9 Å². The van der Waals surface area contributed by atoms with Crippen molar-refractivity contribution in [1.82, 2.24) is 0 Å². The molecule has 42 heavy (non-hydrogen) atoms. The molecule has 1 aliphatic heterocycles. The van der Waals surface area contributed by atoms with E-state index in [4.69, 9.17) is 9.16 Å². The molecule has 0 aromatic heterocycles. The second kappa shape index (κ2) is 12.3. The standard InChI is InChI=1S/C31H31F3O6SSi/c1-30(2,3)42(24-17-9-5-10-18-24,25-19-11-6-12-20-25)40-26(21-13-16-23-14-7-4-8-15-23)27-22-28(29(35)38-27)39-41(36,37)31(32,33)34/h4-20,22,26-27H,21H2,1-3H3/b16-13+/t26-,27-/m0/s1. The van der Waals surface area contributed by atoms with Crippen molar-refractivity contribution in [1.29, 1.82) is 0 Å². The van der Waals surface area contributed by atoms with Crippen LogP contribution in [0.2, 0.25) is 5.04 Å². The van der Waals surface area contributed by atoms with Gasteiger partial charge in [0.25, 0.3) is 8.32 Å². The minimum Gasteiger partial charge on any atom is -0.449 e. The molecule has 11 heteroatoms. The zero-order valence-corrected chi connectivity index (χ0v) is 25.1. The largest absolute Gasteiger partial charge is 0.534 e. The molecule has 1 heterocycles. The van der Waals surface area contributed by atoms with E-state index in [-0.39, 0.29) is 6.42 Å². The van der Waals surface area contributed by atoms with Crippen LogP contribution < -0.4 is 10.4 Å². The summed E-state index contributed by atoms with van der Waals surface area (Å²) in [6.07, 6.45) is 2.68. The van der Waals surface area contributed by atoms with Gasteiger partial charge in [-0.1, -0.05) is 124 Å². The maximum atomic E-state index is 13.0. The minimum atomic E-state index is -6.08. The fourth-order valence-corrected chi connectivity index (χ4v) is 10.1. The van der Waals surface area contributed by atoms with Gasteiger partial charge in [0.15, 0.2) is 0 Å². The SMILES string of the molecule is CC(C)(C)[Si](O[C@@H](C/C=C/c1ccccc1)[C@@H]1C=C(OS(=O)(=O)C(F)(F)F)C(=O)O1)(c1ccccc1)c1ccccc1. The zero-order valence-electron chi connectivity index (χ0n) is 23.2. The van der Waals surface area contributed by atoms with Gasteiger partial charge in [-0.25, -0.2) is 4.79 Å². The Hall–Kier alpha value is -3.67. The van der Waals surface area contributed by atoms with E-state index in [1.165, 1.54) is 0 Å². The Morgan fingerprint density at radius 3 is 1.86 bits per heavy atom. The van der Waals surface area contributed by atoms with Gasteiger partial charge in [-0.05, 0) is 27.4 Å². The lowest BCUT2D eigenvalue weighted by molar-refractivity contribution is -0.145. The smallest absolute Gasteiger partial charge is 0.449 e. The fourth-order valence-electron chi connectivity index (χ4n) is 4.91. The zero-order chi connectivity index (χ0) is 30.6. The quantitative estimate of drug-likeness (QED) is 0.126. The van der Waals surface area contributed by atoms with Gasteiger partial charge in [-0.2, -0.15) is 21.6 Å². The van der Waals surface area contributed by atoms with Gasteiger partial charge in [0.1, 0.15) is 6.10 Å². The second-order valence-corrected chi connectivity index (χ2v) is 16.5. The Labute approximate surface area is 244 Å². The molecule has 1 aliphatic rings. The first kappa shape index (κ1) is 31.3. The van der Waals surface area contributed by atoms with Crippen LogP contribution in [0.1, 0.15) is 32.8 Å². The molecule has 0 saturated carbocycles. The summed E-state index contributed by atoms with van der Waals surface area (Å²) < 4.78 is 79.0. The summed E-state index contributed by atoms with van der Waals surface area (Å²) in [5.41, 5.74) is -4.81. The summed E-state index contributed by atoms with van der Waals surface area (Å²) in [6, 6.07) is 28.7. The Balaban J connectivity index is 1.81. The van der Waals surface area contributed by atoms with E-state index < -0.39 is 52.9 Å². The van der Waals surface area contributed by atoms with Crippen LogP contribution in [0.5, 0.6) is 0 Å². The van der Waals surface area contributed by atoms with Crippen molar-refractivity contribution >= 4 is 40.9 Å². The average Bonchev–Trinajstić information content (AvgIpc) is 3.30. The molecule has 6 nitrogen and oxygen atoms in total. The van der Waals surface area contributed by atoms with Crippen LogP contribution in [0, 0.1) is 0 Å². The molecule has 3 aromatic carbocycles. The van der Waals surface area contributed by atoms with Crippen LogP contribution in [-0.2, 0) is 28.3 Å². The Bertz CT molecular complexity index is 1490. The molecule has 0 amide bonds. The van der Waals surface area contributed by atoms with Crippen LogP contribution in [-0.4, -0.2) is 40.4 Å². The molecule has 0 spiro atoms. The van der Waals surface area contributed by atoms with Crippen molar-refractivity contribution in [2.75, 3.05) is 0 Å². The first-order valence-electron chi connectivity index (χ1n) is 13.2. The highest BCUT2D eigenvalue weighted by atomic mass is 32.2. The number of ether oxygens (including phenoxy) is 1. The molecule has 0 fully saturated rings. The van der Waals surface area contributed by atoms with Crippen LogP contribution >= 0.6 is 0 Å². The highest BCUT2D eigenvalue weighted by Crippen LogP contribution is 2.39.